The van der Waals surface area contributed by atoms with Gasteiger partial charge in [-0.25, -0.2) is 4.79 Å². The fourth-order valence-electron chi connectivity index (χ4n) is 3.22. The molecule has 0 aliphatic carbocycles. The number of thioether (sulfide) groups is 1. The van der Waals surface area contributed by atoms with E-state index in [1.807, 2.05) is 6.92 Å². The summed E-state index contributed by atoms with van der Waals surface area (Å²) in [5.41, 5.74) is 9.28. The highest BCUT2D eigenvalue weighted by Crippen LogP contribution is 2.13. The van der Waals surface area contributed by atoms with E-state index in [0.29, 0.717) is 12.2 Å². The molecule has 0 aromatic rings. The summed E-state index contributed by atoms with van der Waals surface area (Å²) >= 11 is 1.43. The van der Waals surface area contributed by atoms with Gasteiger partial charge in [-0.3, -0.25) is 14.4 Å². The Morgan fingerprint density at radius 3 is 1.94 bits per heavy atom. The van der Waals surface area contributed by atoms with Crippen molar-refractivity contribution in [3.05, 3.63) is 34.9 Å². The van der Waals surface area contributed by atoms with Gasteiger partial charge in [-0.2, -0.15) is 11.8 Å². The average Bonchev–Trinajstić information content (AvgIpc) is 2.78. The maximum atomic E-state index is 12.2. The number of carboxylic acid groups (broad SMARTS) is 1. The molecule has 0 bridgehead atoms. The van der Waals surface area contributed by atoms with E-state index in [1.165, 1.54) is 28.5 Å². The lowest BCUT2D eigenvalue weighted by molar-refractivity contribution is -0.141. The molecule has 0 radical (unpaired) electrons. The van der Waals surface area contributed by atoms with Crippen LogP contribution in [0.25, 0.3) is 0 Å². The Hall–Kier alpha value is -2.55. The van der Waals surface area contributed by atoms with Crippen molar-refractivity contribution < 1.29 is 24.3 Å². The van der Waals surface area contributed by atoms with Gasteiger partial charge in [-0.05, 0) is 66.2 Å². The number of carbonyl (C=O) groups is 4. The van der Waals surface area contributed by atoms with Gasteiger partial charge in [0.25, 0.3) is 0 Å². The van der Waals surface area contributed by atoms with Crippen molar-refractivity contribution >= 4 is 35.5 Å². The van der Waals surface area contributed by atoms with Gasteiger partial charge in [-0.15, -0.1) is 0 Å². The predicted octanol–water partition coefficient (Wildman–Crippen LogP) is 4.26. The summed E-state index contributed by atoms with van der Waals surface area (Å²) in [6.07, 6.45) is 11.5. The Bertz CT molecular complexity index is 816. The number of rotatable bonds is 19. The van der Waals surface area contributed by atoms with Crippen LogP contribution in [0.5, 0.6) is 0 Å². The molecule has 3 amide bonds. The second-order valence-electron chi connectivity index (χ2n) is 9.27. The molecular formula is C27H45N3O5S. The lowest BCUT2D eigenvalue weighted by atomic mass is 10.1. The molecule has 0 rings (SSSR count). The molecule has 2 atom stereocenters. The van der Waals surface area contributed by atoms with E-state index < -0.39 is 29.9 Å². The van der Waals surface area contributed by atoms with Crippen LogP contribution >= 0.6 is 11.8 Å². The lowest BCUT2D eigenvalue weighted by Gasteiger charge is -2.17. The highest BCUT2D eigenvalue weighted by Gasteiger charge is 2.22. The highest BCUT2D eigenvalue weighted by molar-refractivity contribution is 7.99. The summed E-state index contributed by atoms with van der Waals surface area (Å²) in [5.74, 6) is -1.78. The van der Waals surface area contributed by atoms with Gasteiger partial charge in [0.05, 0.1) is 0 Å². The van der Waals surface area contributed by atoms with E-state index >= 15 is 0 Å². The molecule has 0 spiro atoms. The molecule has 204 valence electrons. The number of hydrogen-bond donors (Lipinski definition) is 4. The summed E-state index contributed by atoms with van der Waals surface area (Å²) in [7, 11) is 0. The van der Waals surface area contributed by atoms with Gasteiger partial charge in [0.1, 0.15) is 12.1 Å². The van der Waals surface area contributed by atoms with Crippen LogP contribution in [0.3, 0.4) is 0 Å². The van der Waals surface area contributed by atoms with E-state index in [4.69, 9.17) is 5.73 Å². The first-order chi connectivity index (χ1) is 17.0. The van der Waals surface area contributed by atoms with Gasteiger partial charge in [-0.1, -0.05) is 41.9 Å². The number of carbonyl (C=O) groups excluding carboxylic acids is 3. The highest BCUT2D eigenvalue weighted by atomic mass is 32.2. The first-order valence-corrected chi connectivity index (χ1v) is 13.7. The van der Waals surface area contributed by atoms with Gasteiger partial charge in [0, 0.05) is 24.3 Å². The largest absolute Gasteiger partial charge is 0.480 e. The number of primary amides is 1. The van der Waals surface area contributed by atoms with E-state index in [9.17, 15) is 24.3 Å². The monoisotopic (exact) mass is 523 g/mol. The number of hydrogen-bond acceptors (Lipinski definition) is 5. The zero-order chi connectivity index (χ0) is 27.5. The Morgan fingerprint density at radius 2 is 1.39 bits per heavy atom. The Morgan fingerprint density at radius 1 is 0.833 bits per heavy atom. The quantitative estimate of drug-likeness (QED) is 0.147. The number of aliphatic carboxylic acids is 1. The Labute approximate surface area is 220 Å². The zero-order valence-corrected chi connectivity index (χ0v) is 23.3. The second kappa shape index (κ2) is 19.6. The predicted molar refractivity (Wildman–Crippen MR) is 148 cm³/mol. The van der Waals surface area contributed by atoms with Gasteiger partial charge < -0.3 is 21.5 Å². The van der Waals surface area contributed by atoms with Crippen LogP contribution in [0.2, 0.25) is 0 Å². The molecule has 1 unspecified atom stereocenters. The summed E-state index contributed by atoms with van der Waals surface area (Å²) in [4.78, 5) is 47.0. The number of carboxylic acids is 1. The third kappa shape index (κ3) is 17.8. The SMILES string of the molecule is CCCC(=O)NC(CCC(=O)N[C@@H](CSC/C=C(\C)CC/C=C(\C)CCC=C(C)C)C(=O)O)C(N)=O. The Balaban J connectivity index is 4.46. The van der Waals surface area contributed by atoms with Crippen LogP contribution in [-0.4, -0.2) is 52.4 Å². The number of nitrogens with two attached hydrogens (primary N) is 1. The van der Waals surface area contributed by atoms with Crippen LogP contribution in [0, 0.1) is 0 Å². The van der Waals surface area contributed by atoms with Crippen LogP contribution in [0.15, 0.2) is 34.9 Å². The van der Waals surface area contributed by atoms with Crippen molar-refractivity contribution in [2.75, 3.05) is 11.5 Å². The molecule has 0 aliphatic rings. The average molecular weight is 524 g/mol. The van der Waals surface area contributed by atoms with E-state index in [2.05, 4.69) is 56.6 Å². The molecule has 0 fully saturated rings. The summed E-state index contributed by atoms with van der Waals surface area (Å²) in [6.45, 7) is 10.3. The molecule has 8 nitrogen and oxygen atoms in total. The zero-order valence-electron chi connectivity index (χ0n) is 22.5. The molecule has 9 heteroatoms. The fourth-order valence-corrected chi connectivity index (χ4v) is 4.22. The van der Waals surface area contributed by atoms with Crippen LogP contribution in [0.1, 0.15) is 86.0 Å². The lowest BCUT2D eigenvalue weighted by Crippen LogP contribution is -2.46. The van der Waals surface area contributed by atoms with Crippen molar-refractivity contribution in [1.29, 1.82) is 0 Å². The molecule has 0 heterocycles. The van der Waals surface area contributed by atoms with E-state index in [-0.39, 0.29) is 30.9 Å². The summed E-state index contributed by atoms with van der Waals surface area (Å²) in [5, 5.41) is 14.4. The van der Waals surface area contributed by atoms with Crippen molar-refractivity contribution in [2.45, 2.75) is 98.1 Å². The first-order valence-electron chi connectivity index (χ1n) is 12.6. The molecule has 0 aromatic carbocycles. The third-order valence-corrected chi connectivity index (χ3v) is 6.38. The van der Waals surface area contributed by atoms with Crippen molar-refractivity contribution in [3.63, 3.8) is 0 Å². The summed E-state index contributed by atoms with van der Waals surface area (Å²) < 4.78 is 0. The van der Waals surface area contributed by atoms with Gasteiger partial charge >= 0.3 is 5.97 Å². The van der Waals surface area contributed by atoms with Gasteiger partial charge in [0.15, 0.2) is 0 Å². The topological polar surface area (TPSA) is 139 Å². The molecule has 5 N–H and O–H groups in total. The van der Waals surface area contributed by atoms with E-state index in [0.717, 1.165) is 25.7 Å². The van der Waals surface area contributed by atoms with Crippen LogP contribution in [0.4, 0.5) is 0 Å². The summed E-state index contributed by atoms with van der Waals surface area (Å²) in [6, 6.07) is -2.00. The molecule has 0 aliphatic heterocycles. The van der Waals surface area contributed by atoms with Gasteiger partial charge in [0.2, 0.25) is 17.7 Å². The van der Waals surface area contributed by atoms with E-state index in [1.54, 1.807) is 0 Å². The van der Waals surface area contributed by atoms with Crippen LogP contribution < -0.4 is 16.4 Å². The van der Waals surface area contributed by atoms with Crippen molar-refractivity contribution in [2.24, 2.45) is 5.73 Å². The molecule has 0 aromatic heterocycles. The Kier molecular flexibility index (Phi) is 18.2. The van der Waals surface area contributed by atoms with Crippen LogP contribution in [-0.2, 0) is 19.2 Å². The molecule has 0 saturated heterocycles. The normalized spacial score (nSPS) is 13.5. The third-order valence-electron chi connectivity index (χ3n) is 5.41. The van der Waals surface area contributed by atoms with Crippen molar-refractivity contribution in [1.82, 2.24) is 10.6 Å². The number of allylic oxidation sites excluding steroid dienone is 5. The first kappa shape index (κ1) is 33.4. The van der Waals surface area contributed by atoms with Crippen molar-refractivity contribution in [3.8, 4) is 0 Å². The maximum Gasteiger partial charge on any atom is 0.327 e. The molecular weight excluding hydrogens is 478 g/mol. The number of amides is 3. The second-order valence-corrected chi connectivity index (χ2v) is 10.3. The standard InChI is InChI=1S/C27H45N3O5S/c1-6-9-24(31)29-22(26(28)33)14-15-25(32)30-23(27(34)35)18-36-17-16-21(5)13-8-12-20(4)11-7-10-19(2)3/h10,12,16,22-23H,6-9,11,13-15,17-18H2,1-5H3,(H2,28,33)(H,29,31)(H,30,32)(H,34,35)/b20-12+,21-16+/t22?,23-/m0/s1. The molecule has 0 saturated carbocycles. The number of nitrogens with one attached hydrogen (secondary N) is 2. The molecule has 36 heavy (non-hydrogen) atoms. The maximum absolute atomic E-state index is 12.2. The fraction of sp³-hybridized carbons (Fsp3) is 0.630. The minimum absolute atomic E-state index is 0.0148. The minimum Gasteiger partial charge on any atom is -0.480 e. The smallest absolute Gasteiger partial charge is 0.327 e. The minimum atomic E-state index is -1.12.